The van der Waals surface area contributed by atoms with E-state index >= 15 is 0 Å². The molecule has 1 atom stereocenters. The minimum Gasteiger partial charge on any atom is -0.302 e. The summed E-state index contributed by atoms with van der Waals surface area (Å²) in [5.74, 6) is 0.557. The van der Waals surface area contributed by atoms with Gasteiger partial charge in [-0.1, -0.05) is 37.6 Å². The third-order valence-corrected chi connectivity index (χ3v) is 3.77. The van der Waals surface area contributed by atoms with Gasteiger partial charge in [-0.2, -0.15) is 13.2 Å². The molecule has 0 aliphatic heterocycles. The predicted molar refractivity (Wildman–Crippen MR) is 70.1 cm³/mol. The molecule has 0 amide bonds. The molecule has 106 valence electrons. The fourth-order valence-corrected chi connectivity index (χ4v) is 2.41. The Bertz CT molecular complexity index is 393. The van der Waals surface area contributed by atoms with Crippen LogP contribution >= 0.6 is 0 Å². The topological polar surface area (TPSA) is 12.0 Å². The summed E-state index contributed by atoms with van der Waals surface area (Å²) in [6, 6.07) is 5.39. The Morgan fingerprint density at radius 1 is 1.21 bits per heavy atom. The van der Waals surface area contributed by atoms with Gasteiger partial charge in [0.05, 0.1) is 0 Å². The van der Waals surface area contributed by atoms with Gasteiger partial charge < -0.3 is 5.32 Å². The van der Waals surface area contributed by atoms with E-state index in [0.717, 1.165) is 12.8 Å². The average Bonchev–Trinajstić information content (AvgIpc) is 2.27. The van der Waals surface area contributed by atoms with E-state index < -0.39 is 12.2 Å². The molecule has 1 aliphatic rings. The van der Waals surface area contributed by atoms with Crippen LogP contribution in [0.4, 0.5) is 13.2 Å². The number of benzene rings is 1. The van der Waals surface area contributed by atoms with Gasteiger partial charge >= 0.3 is 6.18 Å². The summed E-state index contributed by atoms with van der Waals surface area (Å²) in [6.07, 6.45) is 0.00179. The van der Waals surface area contributed by atoms with Gasteiger partial charge in [0.15, 0.2) is 0 Å². The molecular weight excluding hydrogens is 251 g/mol. The third-order valence-electron chi connectivity index (χ3n) is 3.77. The molecule has 4 heteroatoms. The van der Waals surface area contributed by atoms with Crippen molar-refractivity contribution in [1.29, 1.82) is 0 Å². The summed E-state index contributed by atoms with van der Waals surface area (Å²) < 4.78 is 39.0. The van der Waals surface area contributed by atoms with Gasteiger partial charge in [0.25, 0.3) is 0 Å². The molecule has 0 bridgehead atoms. The molecule has 0 aromatic heterocycles. The zero-order valence-electron chi connectivity index (χ0n) is 11.1. The van der Waals surface area contributed by atoms with Gasteiger partial charge in [-0.15, -0.1) is 0 Å². The van der Waals surface area contributed by atoms with Crippen molar-refractivity contribution in [1.82, 2.24) is 5.32 Å². The Kier molecular flexibility index (Phi) is 4.50. The Hall–Kier alpha value is -1.03. The third kappa shape index (κ3) is 3.50. The molecule has 1 fully saturated rings. The SMILES string of the molecule is CCCNC(c1ccc(C2CCC2)cc1)C(F)(F)F. The highest BCUT2D eigenvalue weighted by molar-refractivity contribution is 5.29. The van der Waals surface area contributed by atoms with Crippen molar-refractivity contribution in [2.75, 3.05) is 6.54 Å². The molecule has 1 N–H and O–H groups in total. The van der Waals surface area contributed by atoms with Crippen LogP contribution in [-0.4, -0.2) is 12.7 Å². The quantitative estimate of drug-likeness (QED) is 0.828. The molecule has 1 nitrogen and oxygen atoms in total. The van der Waals surface area contributed by atoms with E-state index in [0.29, 0.717) is 24.4 Å². The van der Waals surface area contributed by atoms with Crippen molar-refractivity contribution in [2.45, 2.75) is 50.7 Å². The van der Waals surface area contributed by atoms with E-state index in [1.807, 2.05) is 19.1 Å². The lowest BCUT2D eigenvalue weighted by atomic mass is 9.80. The molecular formula is C15H20F3N. The summed E-state index contributed by atoms with van der Waals surface area (Å²) >= 11 is 0. The second-order valence-electron chi connectivity index (χ2n) is 5.22. The van der Waals surface area contributed by atoms with Crippen LogP contribution in [0.1, 0.15) is 55.7 Å². The van der Waals surface area contributed by atoms with Gasteiger partial charge in [0.2, 0.25) is 0 Å². The van der Waals surface area contributed by atoms with Crippen molar-refractivity contribution in [3.05, 3.63) is 35.4 Å². The molecule has 0 saturated heterocycles. The lowest BCUT2D eigenvalue weighted by Gasteiger charge is -2.27. The summed E-state index contributed by atoms with van der Waals surface area (Å²) in [5.41, 5.74) is 1.48. The number of hydrogen-bond donors (Lipinski definition) is 1. The Balaban J connectivity index is 2.11. The summed E-state index contributed by atoms with van der Waals surface area (Å²) in [5, 5.41) is 2.58. The van der Waals surface area contributed by atoms with Gasteiger partial charge in [0.1, 0.15) is 6.04 Å². The fourth-order valence-electron chi connectivity index (χ4n) is 2.41. The van der Waals surface area contributed by atoms with Crippen LogP contribution in [0.2, 0.25) is 0 Å². The molecule has 0 radical (unpaired) electrons. The van der Waals surface area contributed by atoms with Crippen LogP contribution in [0.15, 0.2) is 24.3 Å². The maximum absolute atomic E-state index is 13.0. The van der Waals surface area contributed by atoms with E-state index in [9.17, 15) is 13.2 Å². The van der Waals surface area contributed by atoms with Crippen LogP contribution in [0, 0.1) is 0 Å². The molecule has 1 saturated carbocycles. The van der Waals surface area contributed by atoms with Gasteiger partial charge in [-0.25, -0.2) is 0 Å². The molecule has 0 spiro atoms. The van der Waals surface area contributed by atoms with E-state index in [1.54, 1.807) is 12.1 Å². The van der Waals surface area contributed by atoms with Crippen LogP contribution in [0.3, 0.4) is 0 Å². The van der Waals surface area contributed by atoms with Crippen molar-refractivity contribution in [3.63, 3.8) is 0 Å². The lowest BCUT2D eigenvalue weighted by molar-refractivity contribution is -0.157. The zero-order valence-corrected chi connectivity index (χ0v) is 11.1. The molecule has 1 aliphatic carbocycles. The molecule has 0 heterocycles. The number of halogens is 3. The summed E-state index contributed by atoms with van der Waals surface area (Å²) in [4.78, 5) is 0. The zero-order chi connectivity index (χ0) is 13.9. The van der Waals surface area contributed by atoms with Gasteiger partial charge in [-0.05, 0) is 42.9 Å². The highest BCUT2D eigenvalue weighted by atomic mass is 19.4. The second kappa shape index (κ2) is 5.95. The normalized spacial score (nSPS) is 18.1. The Morgan fingerprint density at radius 2 is 1.84 bits per heavy atom. The first-order chi connectivity index (χ1) is 9.02. The first-order valence-electron chi connectivity index (χ1n) is 6.92. The number of nitrogens with one attached hydrogen (secondary N) is 1. The molecule has 1 aromatic rings. The average molecular weight is 271 g/mol. The van der Waals surface area contributed by atoms with Crippen molar-refractivity contribution < 1.29 is 13.2 Å². The fraction of sp³-hybridized carbons (Fsp3) is 0.600. The van der Waals surface area contributed by atoms with E-state index in [2.05, 4.69) is 5.32 Å². The molecule has 1 aromatic carbocycles. The summed E-state index contributed by atoms with van der Waals surface area (Å²) in [7, 11) is 0. The van der Waals surface area contributed by atoms with E-state index in [-0.39, 0.29) is 0 Å². The molecule has 19 heavy (non-hydrogen) atoms. The van der Waals surface area contributed by atoms with E-state index in [4.69, 9.17) is 0 Å². The Morgan fingerprint density at radius 3 is 2.26 bits per heavy atom. The highest BCUT2D eigenvalue weighted by Crippen LogP contribution is 2.38. The smallest absolute Gasteiger partial charge is 0.302 e. The highest BCUT2D eigenvalue weighted by Gasteiger charge is 2.40. The summed E-state index contributed by atoms with van der Waals surface area (Å²) in [6.45, 7) is 2.23. The largest absolute Gasteiger partial charge is 0.407 e. The minimum absolute atomic E-state index is 0.309. The van der Waals surface area contributed by atoms with E-state index in [1.165, 1.54) is 12.0 Å². The molecule has 2 rings (SSSR count). The first kappa shape index (κ1) is 14.4. The minimum atomic E-state index is -4.24. The van der Waals surface area contributed by atoms with Crippen molar-refractivity contribution >= 4 is 0 Å². The van der Waals surface area contributed by atoms with Crippen LogP contribution in [-0.2, 0) is 0 Å². The number of hydrogen-bond acceptors (Lipinski definition) is 1. The number of alkyl halides is 3. The standard InChI is InChI=1S/C15H20F3N/c1-2-10-19-14(15(16,17)18)13-8-6-12(7-9-13)11-4-3-5-11/h6-9,11,14,19H,2-5,10H2,1H3. The molecule has 1 unspecified atom stereocenters. The maximum Gasteiger partial charge on any atom is 0.407 e. The first-order valence-corrected chi connectivity index (χ1v) is 6.92. The van der Waals surface area contributed by atoms with Crippen LogP contribution in [0.25, 0.3) is 0 Å². The Labute approximate surface area is 112 Å². The van der Waals surface area contributed by atoms with Crippen molar-refractivity contribution in [3.8, 4) is 0 Å². The van der Waals surface area contributed by atoms with Crippen LogP contribution in [0.5, 0.6) is 0 Å². The number of rotatable bonds is 5. The monoisotopic (exact) mass is 271 g/mol. The maximum atomic E-state index is 13.0. The van der Waals surface area contributed by atoms with Crippen LogP contribution < -0.4 is 5.32 Å². The predicted octanol–water partition coefficient (Wildman–Crippen LogP) is 4.56. The van der Waals surface area contributed by atoms with Crippen molar-refractivity contribution in [2.24, 2.45) is 0 Å². The lowest BCUT2D eigenvalue weighted by Crippen LogP contribution is -2.34. The second-order valence-corrected chi connectivity index (χ2v) is 5.22. The van der Waals surface area contributed by atoms with Gasteiger partial charge in [0, 0.05) is 0 Å². The van der Waals surface area contributed by atoms with Gasteiger partial charge in [-0.3, -0.25) is 0 Å².